The van der Waals surface area contributed by atoms with Gasteiger partial charge in [0.25, 0.3) is 5.91 Å². The lowest BCUT2D eigenvalue weighted by Crippen LogP contribution is -2.36. The molecule has 0 atom stereocenters. The zero-order valence-electron chi connectivity index (χ0n) is 14.5. The Bertz CT molecular complexity index is 805. The van der Waals surface area contributed by atoms with E-state index < -0.39 is 5.82 Å². The molecule has 26 heavy (non-hydrogen) atoms. The number of morpholine rings is 1. The molecule has 2 aromatic rings. The van der Waals surface area contributed by atoms with Crippen LogP contribution >= 0.6 is 0 Å². The Kier molecular flexibility index (Phi) is 4.75. The fourth-order valence-corrected chi connectivity index (χ4v) is 3.38. The number of fused-ring (bicyclic) bond motifs is 1. The van der Waals surface area contributed by atoms with Crippen molar-refractivity contribution in [1.82, 2.24) is 4.90 Å². The van der Waals surface area contributed by atoms with Gasteiger partial charge in [0.05, 0.1) is 25.3 Å². The smallest absolute Gasteiger partial charge is 0.257 e. The quantitative estimate of drug-likeness (QED) is 0.830. The van der Waals surface area contributed by atoms with Crippen LogP contribution in [-0.2, 0) is 11.3 Å². The van der Waals surface area contributed by atoms with Gasteiger partial charge in [-0.15, -0.1) is 0 Å². The maximum atomic E-state index is 14.0. The van der Waals surface area contributed by atoms with Gasteiger partial charge in [0, 0.05) is 30.9 Å². The molecule has 1 amide bonds. The van der Waals surface area contributed by atoms with Gasteiger partial charge in [-0.05, 0) is 30.3 Å². The highest BCUT2D eigenvalue weighted by Crippen LogP contribution is 2.29. The van der Waals surface area contributed by atoms with Gasteiger partial charge in [0.1, 0.15) is 18.2 Å². The number of carbonyl (C=O) groups excluding carboxylic acids is 1. The second-order valence-corrected chi connectivity index (χ2v) is 6.45. The molecule has 0 aliphatic carbocycles. The minimum Gasteiger partial charge on any atom is -0.491 e. The fourth-order valence-electron chi connectivity index (χ4n) is 3.38. The van der Waals surface area contributed by atoms with Crippen molar-refractivity contribution in [3.63, 3.8) is 0 Å². The van der Waals surface area contributed by atoms with Crippen LogP contribution in [-0.4, -0.2) is 50.3 Å². The molecule has 1 saturated heterocycles. The Hall–Kier alpha value is -2.60. The zero-order chi connectivity index (χ0) is 17.9. The van der Waals surface area contributed by atoms with E-state index in [0.717, 1.165) is 30.1 Å². The van der Waals surface area contributed by atoms with Crippen LogP contribution in [0.25, 0.3) is 0 Å². The monoisotopic (exact) mass is 356 g/mol. The minimum atomic E-state index is -0.495. The number of hydrogen-bond donors (Lipinski definition) is 0. The SMILES string of the molecule is O=C(c1ccccc1F)N1CCOc2ccc(N3CCOCC3)cc2C1. The first kappa shape index (κ1) is 16.8. The number of amides is 1. The summed E-state index contributed by atoms with van der Waals surface area (Å²) in [6.07, 6.45) is 0. The van der Waals surface area contributed by atoms with E-state index in [-0.39, 0.29) is 11.5 Å². The summed E-state index contributed by atoms with van der Waals surface area (Å²) in [5.41, 5.74) is 2.13. The Balaban J connectivity index is 1.59. The normalized spacial score (nSPS) is 17.3. The first-order valence-corrected chi connectivity index (χ1v) is 8.84. The molecular weight excluding hydrogens is 335 g/mol. The number of rotatable bonds is 2. The number of anilines is 1. The van der Waals surface area contributed by atoms with Crippen LogP contribution in [0.2, 0.25) is 0 Å². The second kappa shape index (κ2) is 7.33. The van der Waals surface area contributed by atoms with Crippen LogP contribution in [0.3, 0.4) is 0 Å². The van der Waals surface area contributed by atoms with Crippen LogP contribution in [0.1, 0.15) is 15.9 Å². The van der Waals surface area contributed by atoms with E-state index in [1.807, 2.05) is 12.1 Å². The molecule has 2 aliphatic heterocycles. The first-order valence-electron chi connectivity index (χ1n) is 8.84. The average molecular weight is 356 g/mol. The molecule has 0 saturated carbocycles. The molecule has 2 aromatic carbocycles. The third kappa shape index (κ3) is 3.37. The minimum absolute atomic E-state index is 0.0975. The van der Waals surface area contributed by atoms with E-state index in [1.54, 1.807) is 17.0 Å². The van der Waals surface area contributed by atoms with E-state index in [1.165, 1.54) is 12.1 Å². The molecule has 136 valence electrons. The van der Waals surface area contributed by atoms with Gasteiger partial charge in [-0.25, -0.2) is 4.39 Å². The highest BCUT2D eigenvalue weighted by atomic mass is 19.1. The Morgan fingerprint density at radius 3 is 2.62 bits per heavy atom. The van der Waals surface area contributed by atoms with Gasteiger partial charge >= 0.3 is 0 Å². The lowest BCUT2D eigenvalue weighted by molar-refractivity contribution is 0.0728. The van der Waals surface area contributed by atoms with E-state index in [9.17, 15) is 9.18 Å². The van der Waals surface area contributed by atoms with Crippen molar-refractivity contribution in [1.29, 1.82) is 0 Å². The maximum absolute atomic E-state index is 14.0. The summed E-state index contributed by atoms with van der Waals surface area (Å²) in [5, 5.41) is 0. The topological polar surface area (TPSA) is 42.0 Å². The summed E-state index contributed by atoms with van der Waals surface area (Å²) >= 11 is 0. The molecule has 0 spiro atoms. The maximum Gasteiger partial charge on any atom is 0.257 e. The van der Waals surface area contributed by atoms with Gasteiger partial charge in [0.2, 0.25) is 0 Å². The van der Waals surface area contributed by atoms with Crippen LogP contribution < -0.4 is 9.64 Å². The van der Waals surface area contributed by atoms with Gasteiger partial charge in [0.15, 0.2) is 0 Å². The van der Waals surface area contributed by atoms with Crippen LogP contribution in [0.15, 0.2) is 42.5 Å². The largest absolute Gasteiger partial charge is 0.491 e. The molecule has 0 aromatic heterocycles. The van der Waals surface area contributed by atoms with Crippen molar-refractivity contribution in [2.24, 2.45) is 0 Å². The molecule has 2 aliphatic rings. The predicted molar refractivity (Wildman–Crippen MR) is 96.1 cm³/mol. The Morgan fingerprint density at radius 2 is 1.81 bits per heavy atom. The number of hydrogen-bond acceptors (Lipinski definition) is 4. The molecule has 4 rings (SSSR count). The summed E-state index contributed by atoms with van der Waals surface area (Å²) in [4.78, 5) is 16.7. The van der Waals surface area contributed by atoms with Gasteiger partial charge < -0.3 is 19.3 Å². The van der Waals surface area contributed by atoms with Crippen LogP contribution in [0, 0.1) is 5.82 Å². The van der Waals surface area contributed by atoms with Gasteiger partial charge in [-0.3, -0.25) is 4.79 Å². The zero-order valence-corrected chi connectivity index (χ0v) is 14.5. The summed E-state index contributed by atoms with van der Waals surface area (Å²) < 4.78 is 25.2. The molecular formula is C20H21FN2O3. The van der Waals surface area contributed by atoms with Crippen LogP contribution in [0.4, 0.5) is 10.1 Å². The third-order valence-electron chi connectivity index (χ3n) is 4.79. The van der Waals surface area contributed by atoms with Gasteiger partial charge in [-0.1, -0.05) is 12.1 Å². The van der Waals surface area contributed by atoms with Crippen molar-refractivity contribution >= 4 is 11.6 Å². The summed E-state index contributed by atoms with van der Waals surface area (Å²) in [6, 6.07) is 12.2. The first-order chi connectivity index (χ1) is 12.7. The number of ether oxygens (including phenoxy) is 2. The Morgan fingerprint density at radius 1 is 1.00 bits per heavy atom. The highest BCUT2D eigenvalue weighted by molar-refractivity contribution is 5.94. The standard InChI is InChI=1S/C20H21FN2O3/c21-18-4-2-1-3-17(18)20(24)23-9-12-26-19-6-5-16(13-15(19)14-23)22-7-10-25-11-8-22/h1-6,13H,7-12,14H2. The predicted octanol–water partition coefficient (Wildman–Crippen LogP) is 2.70. The lowest BCUT2D eigenvalue weighted by Gasteiger charge is -2.29. The average Bonchev–Trinajstić information content (AvgIpc) is 2.90. The van der Waals surface area contributed by atoms with Crippen molar-refractivity contribution in [3.8, 4) is 5.75 Å². The molecule has 6 heteroatoms. The number of halogens is 1. The van der Waals surface area contributed by atoms with E-state index in [4.69, 9.17) is 9.47 Å². The molecule has 0 bridgehead atoms. The van der Waals surface area contributed by atoms with Crippen molar-refractivity contribution in [2.45, 2.75) is 6.54 Å². The van der Waals surface area contributed by atoms with Crippen molar-refractivity contribution < 1.29 is 18.7 Å². The van der Waals surface area contributed by atoms with Crippen molar-refractivity contribution in [3.05, 3.63) is 59.4 Å². The molecule has 2 heterocycles. The Labute approximate surface area is 151 Å². The van der Waals surface area contributed by atoms with Gasteiger partial charge in [-0.2, -0.15) is 0 Å². The van der Waals surface area contributed by atoms with E-state index in [2.05, 4.69) is 11.0 Å². The number of nitrogens with zero attached hydrogens (tertiary/aromatic N) is 2. The van der Waals surface area contributed by atoms with Crippen LogP contribution in [0.5, 0.6) is 5.75 Å². The molecule has 0 unspecified atom stereocenters. The number of benzene rings is 2. The lowest BCUT2D eigenvalue weighted by atomic mass is 10.1. The number of carbonyl (C=O) groups is 1. The van der Waals surface area contributed by atoms with E-state index >= 15 is 0 Å². The second-order valence-electron chi connectivity index (χ2n) is 6.45. The van der Waals surface area contributed by atoms with E-state index in [0.29, 0.717) is 32.9 Å². The molecule has 1 fully saturated rings. The van der Waals surface area contributed by atoms with Crippen molar-refractivity contribution in [2.75, 3.05) is 44.4 Å². The summed E-state index contributed by atoms with van der Waals surface area (Å²) in [6.45, 7) is 4.34. The molecule has 0 N–H and O–H groups in total. The highest BCUT2D eigenvalue weighted by Gasteiger charge is 2.24. The molecule has 0 radical (unpaired) electrons. The third-order valence-corrected chi connectivity index (χ3v) is 4.79. The summed E-state index contributed by atoms with van der Waals surface area (Å²) in [7, 11) is 0. The summed E-state index contributed by atoms with van der Waals surface area (Å²) in [5.74, 6) is -0.0212. The molecule has 5 nitrogen and oxygen atoms in total. The fraction of sp³-hybridized carbons (Fsp3) is 0.350.